The molecule has 0 atom stereocenters. The van der Waals surface area contributed by atoms with E-state index in [2.05, 4.69) is 144 Å². The van der Waals surface area contributed by atoms with Gasteiger partial charge < -0.3 is 10.5 Å². The van der Waals surface area contributed by atoms with Gasteiger partial charge >= 0.3 is 0 Å². The Hall–Kier alpha value is -6.39. The number of nitrogens with zero attached hydrogens (tertiary/aromatic N) is 2. The van der Waals surface area contributed by atoms with Crippen molar-refractivity contribution in [3.8, 4) is 50.8 Å². The van der Waals surface area contributed by atoms with Crippen LogP contribution in [0.2, 0.25) is 0 Å². The maximum absolute atomic E-state index is 6.95. The monoisotopic (exact) mass is 615 g/mol. The number of ether oxygens (including phenoxy) is 1. The topological polar surface area (TPSA) is 53.1 Å². The second-order valence-electron chi connectivity index (χ2n) is 12.5. The Morgan fingerprint density at radius 2 is 1.10 bits per heavy atom. The highest BCUT2D eigenvalue weighted by atomic mass is 16.5. The smallest absolute Gasteiger partial charge is 0.145 e. The molecule has 0 radical (unpaired) electrons. The van der Waals surface area contributed by atoms with Gasteiger partial charge in [-0.15, -0.1) is 0 Å². The van der Waals surface area contributed by atoms with Gasteiger partial charge in [0, 0.05) is 33.6 Å². The first-order chi connectivity index (χ1) is 23.7. The minimum Gasteiger partial charge on any atom is -0.457 e. The molecule has 0 unspecified atom stereocenters. The number of nitrogen functional groups attached to an aromatic ring is 1. The molecule has 0 saturated carbocycles. The Morgan fingerprint density at radius 3 is 1.85 bits per heavy atom. The van der Waals surface area contributed by atoms with Crippen LogP contribution in [-0.4, -0.2) is 9.55 Å². The largest absolute Gasteiger partial charge is 0.457 e. The van der Waals surface area contributed by atoms with E-state index in [0.717, 1.165) is 73.1 Å². The molecule has 0 saturated heterocycles. The molecule has 2 N–H and O–H groups in total. The van der Waals surface area contributed by atoms with Crippen LogP contribution >= 0.6 is 0 Å². The van der Waals surface area contributed by atoms with Gasteiger partial charge in [-0.25, -0.2) is 4.98 Å². The molecule has 0 bridgehead atoms. The number of fused-ring (bicyclic) bond motifs is 10. The minimum absolute atomic E-state index is 0.541. The van der Waals surface area contributed by atoms with E-state index in [1.807, 2.05) is 24.3 Å². The van der Waals surface area contributed by atoms with Crippen LogP contribution < -0.4 is 10.5 Å². The Kier molecular flexibility index (Phi) is 5.61. The molecule has 226 valence electrons. The molecule has 48 heavy (non-hydrogen) atoms. The molecule has 1 spiro atoms. The van der Waals surface area contributed by atoms with Crippen molar-refractivity contribution in [1.29, 1.82) is 0 Å². The molecular formula is C44H29N3O. The first-order valence-corrected chi connectivity index (χ1v) is 16.3. The lowest BCUT2D eigenvalue weighted by molar-refractivity contribution is 0.436. The van der Waals surface area contributed by atoms with Crippen LogP contribution in [0.25, 0.3) is 50.4 Å². The van der Waals surface area contributed by atoms with Crippen LogP contribution in [0.3, 0.4) is 0 Å². The van der Waals surface area contributed by atoms with Gasteiger partial charge in [0.1, 0.15) is 17.3 Å². The summed E-state index contributed by atoms with van der Waals surface area (Å²) in [5.74, 6) is 2.66. The van der Waals surface area contributed by atoms with Crippen LogP contribution in [0, 0.1) is 0 Å². The van der Waals surface area contributed by atoms with Crippen molar-refractivity contribution in [1.82, 2.24) is 9.55 Å². The average molecular weight is 616 g/mol. The van der Waals surface area contributed by atoms with Crippen molar-refractivity contribution in [2.75, 3.05) is 5.73 Å². The van der Waals surface area contributed by atoms with Gasteiger partial charge in [0.15, 0.2) is 0 Å². The van der Waals surface area contributed by atoms with Gasteiger partial charge in [0.2, 0.25) is 0 Å². The maximum Gasteiger partial charge on any atom is 0.145 e. The van der Waals surface area contributed by atoms with Crippen LogP contribution in [-0.2, 0) is 5.41 Å². The number of nitrogens with two attached hydrogens (primary N) is 1. The van der Waals surface area contributed by atoms with Gasteiger partial charge in [-0.1, -0.05) is 115 Å². The fraction of sp³-hybridized carbons (Fsp3) is 0.0227. The van der Waals surface area contributed by atoms with Crippen LogP contribution in [0.15, 0.2) is 164 Å². The van der Waals surface area contributed by atoms with Gasteiger partial charge in [0.25, 0.3) is 0 Å². The van der Waals surface area contributed by atoms with Gasteiger partial charge in [-0.3, -0.25) is 4.57 Å². The molecule has 0 fully saturated rings. The van der Waals surface area contributed by atoms with Crippen molar-refractivity contribution in [3.05, 3.63) is 186 Å². The molecule has 1 aliphatic carbocycles. The Morgan fingerprint density at radius 1 is 0.500 bits per heavy atom. The molecule has 4 nitrogen and oxygen atoms in total. The zero-order valence-corrected chi connectivity index (χ0v) is 26.0. The van der Waals surface area contributed by atoms with Crippen molar-refractivity contribution >= 4 is 16.7 Å². The SMILES string of the molecule is Nc1cc2c(cc1-c1ccc(-c3nc4ccccc4n3-c3ccccc3)cc1)C1(c3ccccc3Oc3ccccc31)c1ccccc1-2. The summed E-state index contributed by atoms with van der Waals surface area (Å²) in [7, 11) is 0. The molecule has 7 aromatic carbocycles. The highest BCUT2D eigenvalue weighted by Gasteiger charge is 2.51. The molecule has 4 heteroatoms. The quantitative estimate of drug-likeness (QED) is 0.201. The lowest BCUT2D eigenvalue weighted by Crippen LogP contribution is -2.32. The molecule has 10 rings (SSSR count). The van der Waals surface area contributed by atoms with E-state index in [4.69, 9.17) is 15.5 Å². The lowest BCUT2D eigenvalue weighted by Gasteiger charge is -2.39. The lowest BCUT2D eigenvalue weighted by atomic mass is 9.66. The average Bonchev–Trinajstić information content (AvgIpc) is 3.66. The minimum atomic E-state index is -0.541. The molecule has 2 aliphatic rings. The fourth-order valence-electron chi connectivity index (χ4n) is 8.02. The number of aromatic nitrogens is 2. The zero-order valence-electron chi connectivity index (χ0n) is 26.0. The molecule has 2 heterocycles. The number of rotatable bonds is 3. The second-order valence-corrected chi connectivity index (χ2v) is 12.5. The van der Waals surface area contributed by atoms with E-state index in [-0.39, 0.29) is 0 Å². The summed E-state index contributed by atoms with van der Waals surface area (Å²) in [6.07, 6.45) is 0. The van der Waals surface area contributed by atoms with E-state index in [1.165, 1.54) is 16.7 Å². The first kappa shape index (κ1) is 26.8. The van der Waals surface area contributed by atoms with Gasteiger partial charge in [0.05, 0.1) is 16.4 Å². The zero-order chi connectivity index (χ0) is 31.8. The van der Waals surface area contributed by atoms with E-state index in [1.54, 1.807) is 0 Å². The second kappa shape index (κ2) is 10.1. The standard InChI is InChI=1S/C44H29N3O/c45-38-27-33-31-14-4-5-15-34(31)44(35-16-6-10-20-41(35)48-42-21-11-7-17-36(42)44)37(33)26-32(38)28-22-24-29(25-23-28)43-46-39-18-8-9-19-40(39)47(43)30-12-2-1-3-13-30/h1-27H,45H2. The van der Waals surface area contributed by atoms with Crippen molar-refractivity contribution in [2.24, 2.45) is 0 Å². The normalized spacial score (nSPS) is 13.4. The predicted octanol–water partition coefficient (Wildman–Crippen LogP) is 10.4. The summed E-state index contributed by atoms with van der Waals surface area (Å²) in [6.45, 7) is 0. The summed E-state index contributed by atoms with van der Waals surface area (Å²) < 4.78 is 8.75. The summed E-state index contributed by atoms with van der Waals surface area (Å²) in [6, 6.07) is 57.5. The summed E-state index contributed by atoms with van der Waals surface area (Å²) in [5.41, 5.74) is 20.5. The molecule has 8 aromatic rings. The number of anilines is 1. The van der Waals surface area contributed by atoms with Crippen molar-refractivity contribution in [3.63, 3.8) is 0 Å². The third-order valence-electron chi connectivity index (χ3n) is 10.0. The number of para-hydroxylation sites is 5. The predicted molar refractivity (Wildman–Crippen MR) is 194 cm³/mol. The van der Waals surface area contributed by atoms with Crippen LogP contribution in [0.1, 0.15) is 22.3 Å². The third kappa shape index (κ3) is 3.63. The third-order valence-corrected chi connectivity index (χ3v) is 10.0. The first-order valence-electron chi connectivity index (χ1n) is 16.3. The molecule has 1 aromatic heterocycles. The number of benzene rings is 7. The van der Waals surface area contributed by atoms with Crippen molar-refractivity contribution in [2.45, 2.75) is 5.41 Å². The molecular weight excluding hydrogens is 587 g/mol. The maximum atomic E-state index is 6.95. The number of imidazole rings is 1. The fourth-order valence-corrected chi connectivity index (χ4v) is 8.02. The highest BCUT2D eigenvalue weighted by molar-refractivity contribution is 5.94. The van der Waals surface area contributed by atoms with E-state index < -0.39 is 5.41 Å². The van der Waals surface area contributed by atoms with E-state index >= 15 is 0 Å². The molecule has 1 aliphatic heterocycles. The van der Waals surface area contributed by atoms with Crippen LogP contribution in [0.4, 0.5) is 5.69 Å². The number of hydrogen-bond donors (Lipinski definition) is 1. The Bertz CT molecular complexity index is 2500. The van der Waals surface area contributed by atoms with Crippen molar-refractivity contribution < 1.29 is 4.74 Å². The van der Waals surface area contributed by atoms with Gasteiger partial charge in [-0.2, -0.15) is 0 Å². The van der Waals surface area contributed by atoms with Gasteiger partial charge in [-0.05, 0) is 76.3 Å². The Balaban J connectivity index is 1.17. The summed E-state index contributed by atoms with van der Waals surface area (Å²) >= 11 is 0. The molecule has 0 amide bonds. The summed E-state index contributed by atoms with van der Waals surface area (Å²) in [4.78, 5) is 5.08. The summed E-state index contributed by atoms with van der Waals surface area (Å²) in [5, 5.41) is 0. The highest BCUT2D eigenvalue weighted by Crippen LogP contribution is 2.62. The van der Waals surface area contributed by atoms with E-state index in [9.17, 15) is 0 Å². The Labute approximate surface area is 278 Å². The van der Waals surface area contributed by atoms with E-state index in [0.29, 0.717) is 0 Å². The van der Waals surface area contributed by atoms with Crippen LogP contribution in [0.5, 0.6) is 11.5 Å². The number of hydrogen-bond acceptors (Lipinski definition) is 3.